The fourth-order valence-corrected chi connectivity index (χ4v) is 4.79. The van der Waals surface area contributed by atoms with Gasteiger partial charge in [0.05, 0.1) is 24.4 Å². The van der Waals surface area contributed by atoms with Crippen molar-refractivity contribution >= 4 is 28.9 Å². The largest absolute Gasteiger partial charge is 0.381 e. The van der Waals surface area contributed by atoms with Crippen molar-refractivity contribution in [2.45, 2.75) is 56.4 Å². The predicted octanol–water partition coefficient (Wildman–Crippen LogP) is 2.32. The Balaban J connectivity index is 1.41. The Bertz CT molecular complexity index is 1280. The first-order valence-corrected chi connectivity index (χ1v) is 11.9. The number of amides is 1. The maximum Gasteiger partial charge on any atom is 0.274 e. The van der Waals surface area contributed by atoms with Crippen molar-refractivity contribution in [2.75, 3.05) is 31.9 Å². The van der Waals surface area contributed by atoms with Crippen molar-refractivity contribution in [2.24, 2.45) is 0 Å². The maximum absolute atomic E-state index is 13.3. The lowest BCUT2D eigenvalue weighted by molar-refractivity contribution is 0.0580. The van der Waals surface area contributed by atoms with Crippen LogP contribution in [0.4, 0.5) is 17.3 Å². The average molecular weight is 482 g/mol. The van der Waals surface area contributed by atoms with Gasteiger partial charge in [-0.2, -0.15) is 9.61 Å². The van der Waals surface area contributed by atoms with Gasteiger partial charge in [-0.3, -0.25) is 9.59 Å². The van der Waals surface area contributed by atoms with Crippen molar-refractivity contribution in [3.05, 3.63) is 46.5 Å². The van der Waals surface area contributed by atoms with E-state index in [2.05, 4.69) is 26.0 Å². The van der Waals surface area contributed by atoms with Crippen LogP contribution in [0.25, 0.3) is 5.65 Å². The molecular weight excluding hydrogens is 450 g/mol. The number of ether oxygens (including phenoxy) is 2. The molecule has 0 saturated heterocycles. The molecular formula is C24H31N7O4. The molecule has 0 radical (unpaired) electrons. The summed E-state index contributed by atoms with van der Waals surface area (Å²) >= 11 is 0. The van der Waals surface area contributed by atoms with E-state index in [1.54, 1.807) is 42.5 Å². The normalized spacial score (nSPS) is 23.7. The number of nitrogens with zero attached hydrogens (tertiary/aromatic N) is 4. The molecule has 11 nitrogen and oxygen atoms in total. The Labute approximate surface area is 202 Å². The van der Waals surface area contributed by atoms with Crippen LogP contribution < -0.4 is 21.5 Å². The maximum atomic E-state index is 13.3. The van der Waals surface area contributed by atoms with Gasteiger partial charge in [-0.05, 0) is 44.2 Å². The van der Waals surface area contributed by atoms with Crippen molar-refractivity contribution in [1.29, 1.82) is 0 Å². The first-order valence-electron chi connectivity index (χ1n) is 11.9. The summed E-state index contributed by atoms with van der Waals surface area (Å²) in [5, 5.41) is 13.5. The minimum Gasteiger partial charge on any atom is -0.381 e. The Morgan fingerprint density at radius 3 is 2.66 bits per heavy atom. The molecule has 1 amide bonds. The lowest BCUT2D eigenvalue weighted by Gasteiger charge is -2.29. The number of carbonyl (C=O) groups excluding carboxylic acids is 1. The SMILES string of the molecule is CNc1cc(Nc2cccn([C@H]3CC[C@H](OC)CC3)c2=O)nc2c(C(=O)N[C@H]3C[C@@H]3OC)cnn12. The van der Waals surface area contributed by atoms with Gasteiger partial charge in [0.1, 0.15) is 22.9 Å². The molecule has 2 saturated carbocycles. The topological polar surface area (TPSA) is 124 Å². The number of aromatic nitrogens is 4. The van der Waals surface area contributed by atoms with Gasteiger partial charge in [0, 0.05) is 39.6 Å². The molecule has 0 aromatic carbocycles. The van der Waals surface area contributed by atoms with Gasteiger partial charge in [-0.15, -0.1) is 0 Å². The van der Waals surface area contributed by atoms with Crippen LogP contribution in [0.1, 0.15) is 48.5 Å². The third-order valence-electron chi connectivity index (χ3n) is 6.93. The minimum absolute atomic E-state index is 0.00531. The number of anilines is 3. The number of rotatable bonds is 8. The standard InChI is InChI=1S/C24H31N7O4/c1-25-21-12-20(29-22-16(13-26-31(21)22)23(32)28-18-11-19(18)35-3)27-17-5-4-10-30(24(17)33)14-6-8-15(34-2)9-7-14/h4-5,10,12-15,18-19,25H,6-9,11H2,1-3H3,(H,27,29)(H,28,32)/t14-,15-,18-,19-/m0/s1. The van der Waals surface area contributed by atoms with Gasteiger partial charge >= 0.3 is 0 Å². The summed E-state index contributed by atoms with van der Waals surface area (Å²) in [6.07, 6.45) is 8.11. The van der Waals surface area contributed by atoms with Crippen molar-refractivity contribution in [3.63, 3.8) is 0 Å². The van der Waals surface area contributed by atoms with Crippen LogP contribution in [0, 0.1) is 0 Å². The molecule has 0 unspecified atom stereocenters. The fourth-order valence-electron chi connectivity index (χ4n) is 4.79. The predicted molar refractivity (Wildman–Crippen MR) is 131 cm³/mol. The highest BCUT2D eigenvalue weighted by Gasteiger charge is 2.39. The highest BCUT2D eigenvalue weighted by molar-refractivity contribution is 6.00. The third kappa shape index (κ3) is 4.61. The van der Waals surface area contributed by atoms with E-state index in [0.29, 0.717) is 28.5 Å². The number of hydrogen-bond acceptors (Lipinski definition) is 8. The lowest BCUT2D eigenvalue weighted by atomic mass is 9.92. The highest BCUT2D eigenvalue weighted by Crippen LogP contribution is 2.29. The van der Waals surface area contributed by atoms with Crippen LogP contribution in [0.5, 0.6) is 0 Å². The van der Waals surface area contributed by atoms with E-state index >= 15 is 0 Å². The van der Waals surface area contributed by atoms with Crippen LogP contribution in [-0.2, 0) is 9.47 Å². The molecule has 3 aromatic rings. The van der Waals surface area contributed by atoms with E-state index in [9.17, 15) is 9.59 Å². The molecule has 2 aliphatic rings. The lowest BCUT2D eigenvalue weighted by Crippen LogP contribution is -2.30. The first kappa shape index (κ1) is 23.3. The number of nitrogens with one attached hydrogen (secondary N) is 3. The Hall–Kier alpha value is -3.44. The summed E-state index contributed by atoms with van der Waals surface area (Å²) in [4.78, 5) is 30.8. The average Bonchev–Trinajstić information content (AvgIpc) is 3.49. The zero-order chi connectivity index (χ0) is 24.5. The van der Waals surface area contributed by atoms with Crippen molar-refractivity contribution in [3.8, 4) is 0 Å². The van der Waals surface area contributed by atoms with Crippen LogP contribution in [0.15, 0.2) is 35.4 Å². The number of hydrogen-bond donors (Lipinski definition) is 3. The summed E-state index contributed by atoms with van der Waals surface area (Å²) < 4.78 is 14.1. The van der Waals surface area contributed by atoms with Crippen LogP contribution >= 0.6 is 0 Å². The minimum atomic E-state index is -0.259. The first-order chi connectivity index (χ1) is 17.0. The molecule has 2 fully saturated rings. The Morgan fingerprint density at radius 2 is 1.97 bits per heavy atom. The number of methoxy groups -OCH3 is 2. The zero-order valence-electron chi connectivity index (χ0n) is 20.2. The van der Waals surface area contributed by atoms with Gasteiger partial charge in [0.2, 0.25) is 0 Å². The van der Waals surface area contributed by atoms with Gasteiger partial charge in [0.25, 0.3) is 11.5 Å². The zero-order valence-corrected chi connectivity index (χ0v) is 20.2. The van der Waals surface area contributed by atoms with Gasteiger partial charge < -0.3 is 30.0 Å². The molecule has 35 heavy (non-hydrogen) atoms. The van der Waals surface area contributed by atoms with E-state index in [-0.39, 0.29) is 35.8 Å². The van der Waals surface area contributed by atoms with Crippen LogP contribution in [-0.4, -0.2) is 64.6 Å². The fraction of sp³-hybridized carbons (Fsp3) is 0.500. The summed E-state index contributed by atoms with van der Waals surface area (Å²) in [7, 11) is 5.13. The molecule has 3 aromatic heterocycles. The molecule has 0 bridgehead atoms. The van der Waals surface area contributed by atoms with Gasteiger partial charge in [-0.1, -0.05) is 0 Å². The van der Waals surface area contributed by atoms with E-state index < -0.39 is 0 Å². The van der Waals surface area contributed by atoms with Crippen molar-refractivity contribution < 1.29 is 14.3 Å². The molecule has 2 atom stereocenters. The Morgan fingerprint density at radius 1 is 1.17 bits per heavy atom. The summed E-state index contributed by atoms with van der Waals surface area (Å²) in [5.41, 5.74) is 1.06. The monoisotopic (exact) mass is 481 g/mol. The van der Waals surface area contributed by atoms with Gasteiger partial charge in [-0.25, -0.2) is 4.98 Å². The molecule has 0 aliphatic heterocycles. The molecule has 3 heterocycles. The molecule has 0 spiro atoms. The second kappa shape index (κ2) is 9.67. The number of fused-ring (bicyclic) bond motifs is 1. The van der Waals surface area contributed by atoms with E-state index in [1.807, 2.05) is 12.3 Å². The molecule has 186 valence electrons. The van der Waals surface area contributed by atoms with Gasteiger partial charge in [0.15, 0.2) is 5.65 Å². The van der Waals surface area contributed by atoms with E-state index in [1.165, 1.54) is 6.20 Å². The second-order valence-electron chi connectivity index (χ2n) is 9.09. The molecule has 3 N–H and O–H groups in total. The number of pyridine rings is 1. The third-order valence-corrected chi connectivity index (χ3v) is 6.93. The Kier molecular flexibility index (Phi) is 6.44. The summed E-state index contributed by atoms with van der Waals surface area (Å²) in [6.45, 7) is 0. The van der Waals surface area contributed by atoms with E-state index in [4.69, 9.17) is 9.47 Å². The summed E-state index contributed by atoms with van der Waals surface area (Å²) in [6, 6.07) is 5.50. The molecule has 11 heteroatoms. The second-order valence-corrected chi connectivity index (χ2v) is 9.09. The molecule has 5 rings (SSSR count). The highest BCUT2D eigenvalue weighted by atomic mass is 16.5. The van der Waals surface area contributed by atoms with Crippen LogP contribution in [0.3, 0.4) is 0 Å². The van der Waals surface area contributed by atoms with E-state index in [0.717, 1.165) is 32.1 Å². The number of carbonyl (C=O) groups is 1. The summed E-state index contributed by atoms with van der Waals surface area (Å²) in [5.74, 6) is 0.812. The quantitative estimate of drug-likeness (QED) is 0.448. The van der Waals surface area contributed by atoms with Crippen LogP contribution in [0.2, 0.25) is 0 Å². The van der Waals surface area contributed by atoms with Crippen molar-refractivity contribution in [1.82, 2.24) is 24.5 Å². The smallest absolute Gasteiger partial charge is 0.274 e. The molecule has 2 aliphatic carbocycles.